The number of anilines is 1. The summed E-state index contributed by atoms with van der Waals surface area (Å²) < 4.78 is 4.74. The van der Waals surface area contributed by atoms with E-state index in [1.165, 1.54) is 53.6 Å². The Labute approximate surface area is 369 Å². The zero-order valence-corrected chi connectivity index (χ0v) is 35.6. The molecule has 1 aliphatic carbocycles. The molecule has 1 N–H and O–H groups in total. The second kappa shape index (κ2) is 14.7. The van der Waals surface area contributed by atoms with E-state index >= 15 is 0 Å². The summed E-state index contributed by atoms with van der Waals surface area (Å²) in [6, 6.07) is 67.3. The van der Waals surface area contributed by atoms with Crippen LogP contribution in [0, 0.1) is 0 Å². The minimum atomic E-state index is -0.574. The first-order chi connectivity index (χ1) is 31.1. The molecule has 8 aromatic carbocycles. The van der Waals surface area contributed by atoms with Crippen molar-refractivity contribution in [2.24, 2.45) is 0 Å². The van der Waals surface area contributed by atoms with Crippen molar-refractivity contribution in [1.29, 1.82) is 0 Å². The Morgan fingerprint density at radius 2 is 1.16 bits per heavy atom. The highest BCUT2D eigenvalue weighted by atomic mass is 32.1. The smallest absolute Gasteiger partial charge is 0.166 e. The number of hydrogen-bond donors (Lipinski definition) is 1. The first-order valence-electron chi connectivity index (χ1n) is 21.5. The normalized spacial score (nSPS) is 14.3. The van der Waals surface area contributed by atoms with Gasteiger partial charge < -0.3 is 5.32 Å². The number of hydrogen-bond acceptors (Lipinski definition) is 6. The third kappa shape index (κ3) is 5.70. The van der Waals surface area contributed by atoms with Crippen molar-refractivity contribution in [3.05, 3.63) is 216 Å². The van der Waals surface area contributed by atoms with Crippen LogP contribution in [0.4, 0.5) is 5.69 Å². The van der Waals surface area contributed by atoms with Crippen LogP contribution in [0.25, 0.3) is 82.2 Å². The lowest BCUT2D eigenvalue weighted by atomic mass is 9.67. The summed E-state index contributed by atoms with van der Waals surface area (Å²) in [5.41, 5.74) is 13.9. The first-order valence-corrected chi connectivity index (χ1v) is 22.3. The first kappa shape index (κ1) is 37.1. The van der Waals surface area contributed by atoms with Crippen LogP contribution in [0.1, 0.15) is 35.0 Å². The van der Waals surface area contributed by atoms with Crippen molar-refractivity contribution in [1.82, 2.24) is 24.5 Å². The van der Waals surface area contributed by atoms with Gasteiger partial charge in [-0.3, -0.25) is 4.57 Å². The molecule has 300 valence electrons. The lowest BCUT2D eigenvalue weighted by molar-refractivity contribution is 0.768. The molecule has 3 aromatic heterocycles. The molecule has 0 radical (unpaired) electrons. The van der Waals surface area contributed by atoms with Gasteiger partial charge in [-0.05, 0) is 75.8 Å². The molecule has 0 saturated heterocycles. The van der Waals surface area contributed by atoms with Crippen molar-refractivity contribution in [2.45, 2.75) is 18.8 Å². The Morgan fingerprint density at radius 1 is 0.540 bits per heavy atom. The molecule has 1 aliphatic rings. The standard InChI is InChI=1S/C56H40N6S/c1-3-50-58-45-25-15-16-26-47(45)62(50)39-29-27-38(28-30-39)56(37-21-11-6-12-22-37)43-24-14-13-23-40(43)51-44(56)31-32-48-52(51)42-33-41(46(57-2)34-49(42)63-48)55-60-53(35-17-7-4-8-18-35)59-54(61-55)36-19-9-5-10-20-36/h4-34,57H,3H2,1-2H3. The van der Waals surface area contributed by atoms with E-state index < -0.39 is 5.41 Å². The maximum atomic E-state index is 5.18. The van der Waals surface area contributed by atoms with Gasteiger partial charge in [0.1, 0.15) is 5.82 Å². The van der Waals surface area contributed by atoms with Crippen LogP contribution < -0.4 is 5.32 Å². The zero-order valence-electron chi connectivity index (χ0n) is 34.7. The van der Waals surface area contributed by atoms with Gasteiger partial charge in [-0.1, -0.05) is 153 Å². The van der Waals surface area contributed by atoms with Crippen molar-refractivity contribution in [3.8, 4) is 51.0 Å². The van der Waals surface area contributed by atoms with Gasteiger partial charge >= 0.3 is 0 Å². The highest BCUT2D eigenvalue weighted by Crippen LogP contribution is 2.59. The van der Waals surface area contributed by atoms with Gasteiger partial charge in [-0.2, -0.15) is 0 Å². The molecule has 0 saturated carbocycles. The molecule has 11 aromatic rings. The third-order valence-electron chi connectivity index (χ3n) is 12.7. The van der Waals surface area contributed by atoms with E-state index in [0.717, 1.165) is 51.3 Å². The van der Waals surface area contributed by atoms with Gasteiger partial charge in [-0.25, -0.2) is 19.9 Å². The summed E-state index contributed by atoms with van der Waals surface area (Å²) in [5, 5.41) is 5.93. The van der Waals surface area contributed by atoms with Gasteiger partial charge in [-0.15, -0.1) is 11.3 Å². The van der Waals surface area contributed by atoms with E-state index in [9.17, 15) is 0 Å². The summed E-state index contributed by atoms with van der Waals surface area (Å²) in [6.45, 7) is 2.17. The van der Waals surface area contributed by atoms with E-state index in [1.54, 1.807) is 0 Å². The molecule has 0 aliphatic heterocycles. The Hall–Kier alpha value is -7.74. The predicted octanol–water partition coefficient (Wildman–Crippen LogP) is 13.5. The molecule has 7 heteroatoms. The Morgan fingerprint density at radius 3 is 1.86 bits per heavy atom. The van der Waals surface area contributed by atoms with Crippen molar-refractivity contribution in [2.75, 3.05) is 12.4 Å². The molecule has 0 amide bonds. The number of aromatic nitrogens is 5. The molecule has 6 nitrogen and oxygen atoms in total. The maximum Gasteiger partial charge on any atom is 0.166 e. The molecule has 63 heavy (non-hydrogen) atoms. The van der Waals surface area contributed by atoms with E-state index in [4.69, 9.17) is 19.9 Å². The van der Waals surface area contributed by atoms with Gasteiger partial charge in [0.15, 0.2) is 17.5 Å². The number of thiophene rings is 1. The van der Waals surface area contributed by atoms with Crippen LogP contribution >= 0.6 is 11.3 Å². The average molecular weight is 829 g/mol. The van der Waals surface area contributed by atoms with Crippen LogP contribution in [-0.2, 0) is 11.8 Å². The van der Waals surface area contributed by atoms with E-state index in [-0.39, 0.29) is 0 Å². The molecular weight excluding hydrogens is 789 g/mol. The summed E-state index contributed by atoms with van der Waals surface area (Å²) in [5.74, 6) is 2.95. The molecule has 3 heterocycles. The summed E-state index contributed by atoms with van der Waals surface area (Å²) >= 11 is 1.83. The molecule has 0 fully saturated rings. The van der Waals surface area contributed by atoms with Crippen molar-refractivity contribution >= 4 is 48.2 Å². The van der Waals surface area contributed by atoms with Gasteiger partial charge in [0.25, 0.3) is 0 Å². The van der Waals surface area contributed by atoms with Crippen molar-refractivity contribution in [3.63, 3.8) is 0 Å². The third-order valence-corrected chi connectivity index (χ3v) is 13.8. The zero-order chi connectivity index (χ0) is 42.1. The molecule has 1 atom stereocenters. The monoisotopic (exact) mass is 828 g/mol. The fraction of sp³-hybridized carbons (Fsp3) is 0.0714. The number of rotatable bonds is 8. The SMILES string of the molecule is CCc1nc2ccccc2n1-c1ccc(C2(c3ccccc3)c3ccccc3-c3c2ccc2sc4cc(NC)c(-c5nc(-c6ccccc6)nc(-c6ccccc6)n5)cc4c32)cc1. The topological polar surface area (TPSA) is 68.5 Å². The highest BCUT2D eigenvalue weighted by Gasteiger charge is 2.47. The molecule has 0 spiro atoms. The van der Waals surface area contributed by atoms with Crippen LogP contribution in [0.15, 0.2) is 188 Å². The van der Waals surface area contributed by atoms with Gasteiger partial charge in [0.05, 0.1) is 16.4 Å². The lowest BCUT2D eigenvalue weighted by Crippen LogP contribution is -2.28. The Kier molecular flexibility index (Phi) is 8.66. The molecule has 1 unspecified atom stereocenters. The van der Waals surface area contributed by atoms with E-state index in [0.29, 0.717) is 17.5 Å². The van der Waals surface area contributed by atoms with Crippen LogP contribution in [0.5, 0.6) is 0 Å². The number of fused-ring (bicyclic) bond motifs is 8. The Bertz CT molecular complexity index is 3470. The number of nitrogens with zero attached hydrogens (tertiary/aromatic N) is 5. The predicted molar refractivity (Wildman–Crippen MR) is 260 cm³/mol. The van der Waals surface area contributed by atoms with Crippen LogP contribution in [-0.4, -0.2) is 31.6 Å². The Balaban J connectivity index is 1.11. The minimum Gasteiger partial charge on any atom is -0.387 e. The summed E-state index contributed by atoms with van der Waals surface area (Å²) in [6.07, 6.45) is 0.836. The molecule has 0 bridgehead atoms. The number of aryl methyl sites for hydroxylation is 1. The van der Waals surface area contributed by atoms with Crippen molar-refractivity contribution < 1.29 is 0 Å². The summed E-state index contributed by atoms with van der Waals surface area (Å²) in [7, 11) is 1.97. The minimum absolute atomic E-state index is 0.574. The quantitative estimate of drug-likeness (QED) is 0.165. The fourth-order valence-corrected chi connectivity index (χ4v) is 11.1. The van der Waals surface area contributed by atoms with Crippen LogP contribution in [0.2, 0.25) is 0 Å². The molecule has 12 rings (SSSR count). The highest BCUT2D eigenvalue weighted by molar-refractivity contribution is 7.26. The number of benzene rings is 8. The summed E-state index contributed by atoms with van der Waals surface area (Å²) in [4.78, 5) is 20.4. The second-order valence-electron chi connectivity index (χ2n) is 16.1. The van der Waals surface area contributed by atoms with Gasteiger partial charge in [0, 0.05) is 61.7 Å². The maximum absolute atomic E-state index is 5.18. The number of para-hydroxylation sites is 2. The lowest BCUT2D eigenvalue weighted by Gasteiger charge is -2.34. The van der Waals surface area contributed by atoms with Crippen LogP contribution in [0.3, 0.4) is 0 Å². The van der Waals surface area contributed by atoms with E-state index in [2.05, 4.69) is 168 Å². The fourth-order valence-electron chi connectivity index (χ4n) is 9.94. The van der Waals surface area contributed by atoms with E-state index in [1.807, 2.05) is 54.8 Å². The number of nitrogens with one attached hydrogen (secondary N) is 1. The number of imidazole rings is 1. The molecular formula is C56H40N6S. The average Bonchev–Trinajstić information content (AvgIpc) is 4.02. The van der Waals surface area contributed by atoms with Gasteiger partial charge in [0.2, 0.25) is 0 Å². The second-order valence-corrected chi connectivity index (χ2v) is 17.1. The largest absolute Gasteiger partial charge is 0.387 e.